The molecule has 150 valence electrons. The Hall–Kier alpha value is -3.47. The van der Waals surface area contributed by atoms with Crippen LogP contribution in [0.15, 0.2) is 27.8 Å². The van der Waals surface area contributed by atoms with Gasteiger partial charge in [0.2, 0.25) is 11.2 Å². The minimum Gasteiger partial charge on any atom is -0.310 e. The summed E-state index contributed by atoms with van der Waals surface area (Å²) in [5, 5.41) is 10.9. The molecular formula is C17H15ClN6O5. The number of non-ortho nitro benzene ring substituents is 1. The van der Waals surface area contributed by atoms with Gasteiger partial charge in [0.15, 0.2) is 11.2 Å². The molecule has 29 heavy (non-hydrogen) atoms. The molecule has 0 saturated carbocycles. The molecule has 0 fully saturated rings. The standard InChI is InChI=1S/C17H15ClN6O5/c1-20-14-13(15(26)21(2)17(20)27)23(16(18)19-14)8-12(25)22-6-5-9-7-10(24(28)29)3-4-11(9)22/h3-4,7H,5-6,8H2,1-2H3. The van der Waals surface area contributed by atoms with Gasteiger partial charge >= 0.3 is 5.69 Å². The van der Waals surface area contributed by atoms with E-state index in [-0.39, 0.29) is 34.6 Å². The molecule has 1 aliphatic heterocycles. The van der Waals surface area contributed by atoms with Crippen LogP contribution in [0.25, 0.3) is 11.2 Å². The molecule has 0 atom stereocenters. The van der Waals surface area contributed by atoms with E-state index in [4.69, 9.17) is 11.6 Å². The Morgan fingerprint density at radius 2 is 2.00 bits per heavy atom. The zero-order valence-electron chi connectivity index (χ0n) is 15.5. The van der Waals surface area contributed by atoms with Crippen LogP contribution < -0.4 is 16.1 Å². The molecule has 3 heterocycles. The van der Waals surface area contributed by atoms with Crippen LogP contribution in [0.5, 0.6) is 0 Å². The van der Waals surface area contributed by atoms with Crippen molar-refractivity contribution in [3.05, 3.63) is 60.0 Å². The Morgan fingerprint density at radius 3 is 2.69 bits per heavy atom. The summed E-state index contributed by atoms with van der Waals surface area (Å²) in [5.74, 6) is -0.352. The van der Waals surface area contributed by atoms with Crippen LogP contribution in [0, 0.1) is 10.1 Å². The lowest BCUT2D eigenvalue weighted by Crippen LogP contribution is -2.38. The van der Waals surface area contributed by atoms with Crippen LogP contribution in [-0.2, 0) is 31.9 Å². The van der Waals surface area contributed by atoms with E-state index in [1.54, 1.807) is 0 Å². The van der Waals surface area contributed by atoms with Crippen molar-refractivity contribution in [2.24, 2.45) is 14.1 Å². The highest BCUT2D eigenvalue weighted by molar-refractivity contribution is 6.29. The molecular weight excluding hydrogens is 404 g/mol. The van der Waals surface area contributed by atoms with Gasteiger partial charge < -0.3 is 4.90 Å². The third-order valence-corrected chi connectivity index (χ3v) is 5.35. The summed E-state index contributed by atoms with van der Waals surface area (Å²) in [7, 11) is 2.80. The van der Waals surface area contributed by atoms with Crippen molar-refractivity contribution in [2.75, 3.05) is 11.4 Å². The Labute approximate surface area is 167 Å². The molecule has 1 amide bonds. The van der Waals surface area contributed by atoms with Crippen LogP contribution >= 0.6 is 11.6 Å². The number of carbonyl (C=O) groups excluding carboxylic acids is 1. The Kier molecular flexibility index (Phi) is 4.26. The lowest BCUT2D eigenvalue weighted by Gasteiger charge is -2.18. The first-order valence-corrected chi connectivity index (χ1v) is 8.98. The number of aryl methyl sites for hydroxylation is 1. The van der Waals surface area contributed by atoms with E-state index in [1.165, 1.54) is 46.3 Å². The van der Waals surface area contributed by atoms with E-state index in [1.807, 2.05) is 0 Å². The maximum atomic E-state index is 12.9. The molecule has 0 radical (unpaired) electrons. The molecule has 1 aliphatic rings. The largest absolute Gasteiger partial charge is 0.332 e. The molecule has 4 rings (SSSR count). The smallest absolute Gasteiger partial charge is 0.310 e. The Balaban J connectivity index is 1.74. The fourth-order valence-electron chi connectivity index (χ4n) is 3.55. The van der Waals surface area contributed by atoms with Crippen LogP contribution in [0.3, 0.4) is 0 Å². The highest BCUT2D eigenvalue weighted by atomic mass is 35.5. The van der Waals surface area contributed by atoms with E-state index in [2.05, 4.69) is 4.98 Å². The fraction of sp³-hybridized carbons (Fsp3) is 0.294. The molecule has 12 heteroatoms. The molecule has 0 saturated heterocycles. The van der Waals surface area contributed by atoms with Crippen molar-refractivity contribution in [1.82, 2.24) is 18.7 Å². The molecule has 0 unspecified atom stereocenters. The number of nitrogens with zero attached hydrogens (tertiary/aromatic N) is 6. The monoisotopic (exact) mass is 418 g/mol. The van der Waals surface area contributed by atoms with E-state index in [9.17, 15) is 24.5 Å². The summed E-state index contributed by atoms with van der Waals surface area (Å²) in [4.78, 5) is 53.6. The number of aromatic nitrogens is 4. The quantitative estimate of drug-likeness (QED) is 0.348. The van der Waals surface area contributed by atoms with E-state index < -0.39 is 16.2 Å². The topological polar surface area (TPSA) is 125 Å². The van der Waals surface area contributed by atoms with Gasteiger partial charge in [0.1, 0.15) is 6.54 Å². The molecule has 0 bridgehead atoms. The minimum absolute atomic E-state index is 0.0360. The first-order chi connectivity index (χ1) is 13.7. The molecule has 0 N–H and O–H groups in total. The second kappa shape index (κ2) is 6.55. The van der Waals surface area contributed by atoms with Gasteiger partial charge in [-0.15, -0.1) is 0 Å². The van der Waals surface area contributed by atoms with Gasteiger partial charge in [0, 0.05) is 38.5 Å². The number of carbonyl (C=O) groups is 1. The van der Waals surface area contributed by atoms with Crippen LogP contribution in [0.1, 0.15) is 5.56 Å². The van der Waals surface area contributed by atoms with Crippen LogP contribution in [0.2, 0.25) is 5.28 Å². The van der Waals surface area contributed by atoms with Crippen molar-refractivity contribution in [3.8, 4) is 0 Å². The van der Waals surface area contributed by atoms with Crippen molar-refractivity contribution in [2.45, 2.75) is 13.0 Å². The maximum Gasteiger partial charge on any atom is 0.332 e. The molecule has 0 aliphatic carbocycles. The summed E-state index contributed by atoms with van der Waals surface area (Å²) in [6.45, 7) is 0.0925. The molecule has 11 nitrogen and oxygen atoms in total. The second-order valence-electron chi connectivity index (χ2n) is 6.71. The number of nitro groups is 1. The predicted molar refractivity (Wildman–Crippen MR) is 104 cm³/mol. The van der Waals surface area contributed by atoms with Gasteiger partial charge in [-0.3, -0.25) is 33.4 Å². The van der Waals surface area contributed by atoms with Gasteiger partial charge in [-0.05, 0) is 29.7 Å². The van der Waals surface area contributed by atoms with Gasteiger partial charge in [-0.25, -0.2) is 4.79 Å². The summed E-state index contributed by atoms with van der Waals surface area (Å²) < 4.78 is 3.38. The number of amides is 1. The van der Waals surface area contributed by atoms with Gasteiger partial charge in [-0.2, -0.15) is 4.98 Å². The highest BCUT2D eigenvalue weighted by Crippen LogP contribution is 2.31. The van der Waals surface area contributed by atoms with E-state index >= 15 is 0 Å². The average molecular weight is 419 g/mol. The number of nitro benzene ring substituents is 1. The zero-order valence-corrected chi connectivity index (χ0v) is 16.2. The number of hydrogen-bond acceptors (Lipinski definition) is 6. The SMILES string of the molecule is Cn1c(=O)c2c(nc(Cl)n2CC(=O)N2CCc3cc([N+](=O)[O-])ccc32)n(C)c1=O. The summed E-state index contributed by atoms with van der Waals surface area (Å²) in [6, 6.07) is 4.33. The average Bonchev–Trinajstić information content (AvgIpc) is 3.25. The highest BCUT2D eigenvalue weighted by Gasteiger charge is 2.28. The Bertz CT molecular complexity index is 1320. The van der Waals surface area contributed by atoms with Gasteiger partial charge in [0.05, 0.1) is 4.92 Å². The van der Waals surface area contributed by atoms with Crippen molar-refractivity contribution >= 4 is 40.0 Å². The van der Waals surface area contributed by atoms with Gasteiger partial charge in [0.25, 0.3) is 11.2 Å². The van der Waals surface area contributed by atoms with E-state index in [0.29, 0.717) is 24.2 Å². The van der Waals surface area contributed by atoms with Crippen LogP contribution in [0.4, 0.5) is 11.4 Å². The van der Waals surface area contributed by atoms with Crippen molar-refractivity contribution in [3.63, 3.8) is 0 Å². The van der Waals surface area contributed by atoms with Crippen molar-refractivity contribution in [1.29, 1.82) is 0 Å². The predicted octanol–water partition coefficient (Wildman–Crippen LogP) is 0.585. The summed E-state index contributed by atoms with van der Waals surface area (Å²) in [5.41, 5.74) is 0.238. The van der Waals surface area contributed by atoms with Crippen molar-refractivity contribution < 1.29 is 9.72 Å². The third-order valence-electron chi connectivity index (χ3n) is 5.07. The molecule has 1 aromatic carbocycles. The molecule has 2 aromatic heterocycles. The summed E-state index contributed by atoms with van der Waals surface area (Å²) in [6.07, 6.45) is 0.484. The first kappa shape index (κ1) is 18.9. The molecule has 0 spiro atoms. The number of hydrogen-bond donors (Lipinski definition) is 0. The zero-order chi connectivity index (χ0) is 21.0. The first-order valence-electron chi connectivity index (χ1n) is 8.60. The second-order valence-corrected chi connectivity index (χ2v) is 7.05. The fourth-order valence-corrected chi connectivity index (χ4v) is 3.77. The number of benzene rings is 1. The number of rotatable bonds is 3. The van der Waals surface area contributed by atoms with E-state index in [0.717, 1.165) is 4.57 Å². The maximum absolute atomic E-state index is 12.9. The lowest BCUT2D eigenvalue weighted by atomic mass is 10.1. The third kappa shape index (κ3) is 2.81. The number of fused-ring (bicyclic) bond motifs is 2. The van der Waals surface area contributed by atoms with Crippen LogP contribution in [-0.4, -0.2) is 36.1 Å². The number of halogens is 1. The van der Waals surface area contributed by atoms with Gasteiger partial charge in [-0.1, -0.05) is 0 Å². The number of anilines is 1. The number of imidazole rings is 1. The lowest BCUT2D eigenvalue weighted by molar-refractivity contribution is -0.384. The summed E-state index contributed by atoms with van der Waals surface area (Å²) >= 11 is 6.17. The minimum atomic E-state index is -0.604. The molecule has 3 aromatic rings. The Morgan fingerprint density at radius 1 is 1.28 bits per heavy atom. The normalized spacial score (nSPS) is 13.1.